The summed E-state index contributed by atoms with van der Waals surface area (Å²) in [6.45, 7) is 3.03. The average Bonchev–Trinajstić information content (AvgIpc) is 3.22. The number of hydrogen-bond acceptors (Lipinski definition) is 4. The predicted octanol–water partition coefficient (Wildman–Crippen LogP) is 2.05. The van der Waals surface area contributed by atoms with E-state index in [4.69, 9.17) is 4.74 Å². The molecule has 2 aliphatic heterocycles. The van der Waals surface area contributed by atoms with E-state index in [1.54, 1.807) is 9.80 Å². The van der Waals surface area contributed by atoms with Gasteiger partial charge in [0, 0.05) is 18.8 Å². The van der Waals surface area contributed by atoms with Crippen LogP contribution in [0.15, 0.2) is 24.3 Å². The summed E-state index contributed by atoms with van der Waals surface area (Å²) in [4.78, 5) is 40.9. The minimum Gasteiger partial charge on any atom is -0.458 e. The quantitative estimate of drug-likeness (QED) is 0.761. The van der Waals surface area contributed by atoms with Crippen LogP contribution in [0.2, 0.25) is 0 Å². The lowest BCUT2D eigenvalue weighted by Gasteiger charge is -2.37. The molecule has 0 bridgehead atoms. The molecule has 0 radical (unpaired) electrons. The van der Waals surface area contributed by atoms with Gasteiger partial charge in [-0.3, -0.25) is 14.4 Å². The molecule has 0 N–H and O–H groups in total. The molecule has 1 saturated carbocycles. The van der Waals surface area contributed by atoms with Crippen molar-refractivity contribution in [1.82, 2.24) is 4.90 Å². The molecule has 1 aromatic rings. The molecule has 6 nitrogen and oxygen atoms in total. The molecular formula is C20H24N2O4. The van der Waals surface area contributed by atoms with Crippen LogP contribution in [-0.2, 0) is 19.1 Å². The number of esters is 1. The smallest absolute Gasteiger partial charge is 0.307 e. The average molecular weight is 356 g/mol. The molecule has 2 saturated heterocycles. The number of anilines is 1. The van der Waals surface area contributed by atoms with Crippen LogP contribution in [-0.4, -0.2) is 47.9 Å². The van der Waals surface area contributed by atoms with Gasteiger partial charge in [0.25, 0.3) is 0 Å². The van der Waals surface area contributed by atoms with E-state index in [0.29, 0.717) is 13.1 Å². The van der Waals surface area contributed by atoms with Gasteiger partial charge in [0.15, 0.2) is 0 Å². The molecule has 1 aromatic carbocycles. The predicted molar refractivity (Wildman–Crippen MR) is 95.5 cm³/mol. The van der Waals surface area contributed by atoms with E-state index in [1.165, 1.54) is 0 Å². The molecule has 2 amide bonds. The van der Waals surface area contributed by atoms with Gasteiger partial charge in [-0.2, -0.15) is 0 Å². The van der Waals surface area contributed by atoms with Crippen molar-refractivity contribution in [2.45, 2.75) is 44.6 Å². The monoisotopic (exact) mass is 356 g/mol. The van der Waals surface area contributed by atoms with Crippen molar-refractivity contribution in [3.63, 3.8) is 0 Å². The zero-order valence-electron chi connectivity index (χ0n) is 15.1. The molecule has 1 spiro atoms. The summed E-state index contributed by atoms with van der Waals surface area (Å²) in [5.74, 6) is -0.903. The van der Waals surface area contributed by atoms with Crippen LogP contribution >= 0.6 is 0 Å². The van der Waals surface area contributed by atoms with Crippen molar-refractivity contribution in [2.75, 3.05) is 24.5 Å². The highest BCUT2D eigenvalue weighted by molar-refractivity contribution is 5.99. The molecular weight excluding hydrogens is 332 g/mol. The maximum atomic E-state index is 13.1. The summed E-state index contributed by atoms with van der Waals surface area (Å²) in [7, 11) is 0. The summed E-state index contributed by atoms with van der Waals surface area (Å²) in [6.07, 6.45) is 3.62. The van der Waals surface area contributed by atoms with Gasteiger partial charge in [-0.1, -0.05) is 17.7 Å². The van der Waals surface area contributed by atoms with Crippen LogP contribution in [0, 0.1) is 12.8 Å². The summed E-state index contributed by atoms with van der Waals surface area (Å²) in [5.41, 5.74) is 1.38. The third-order valence-corrected chi connectivity index (χ3v) is 5.95. The van der Waals surface area contributed by atoms with Crippen molar-refractivity contribution in [3.05, 3.63) is 29.8 Å². The van der Waals surface area contributed by atoms with Crippen molar-refractivity contribution >= 4 is 23.5 Å². The number of rotatable bonds is 2. The van der Waals surface area contributed by atoms with Crippen molar-refractivity contribution in [2.24, 2.45) is 5.92 Å². The van der Waals surface area contributed by atoms with E-state index in [0.717, 1.165) is 36.9 Å². The van der Waals surface area contributed by atoms with Gasteiger partial charge < -0.3 is 14.5 Å². The first-order chi connectivity index (χ1) is 12.5. The lowest BCUT2D eigenvalue weighted by Crippen LogP contribution is -2.55. The SMILES string of the molecule is Cc1ccc(N2CCN(C(=O)[C@H]3CC(=O)OC34CCCC4)CC2=O)cc1. The molecule has 3 fully saturated rings. The highest BCUT2D eigenvalue weighted by atomic mass is 16.6. The van der Waals surface area contributed by atoms with Crippen LogP contribution < -0.4 is 4.90 Å². The lowest BCUT2D eigenvalue weighted by molar-refractivity contribution is -0.152. The Morgan fingerprint density at radius 1 is 1.12 bits per heavy atom. The second kappa shape index (κ2) is 6.41. The highest BCUT2D eigenvalue weighted by Crippen LogP contribution is 2.46. The van der Waals surface area contributed by atoms with Crippen molar-refractivity contribution in [3.8, 4) is 0 Å². The molecule has 1 aliphatic carbocycles. The Balaban J connectivity index is 1.46. The zero-order valence-corrected chi connectivity index (χ0v) is 15.1. The Bertz CT molecular complexity index is 737. The Hall–Kier alpha value is -2.37. The standard InChI is InChI=1S/C20H24N2O4/c1-14-4-6-15(7-5-14)22-11-10-21(13-17(22)23)19(25)16-12-18(24)26-20(16)8-2-3-9-20/h4-7,16H,2-3,8-13H2,1H3/t16-/m1/s1. The third-order valence-electron chi connectivity index (χ3n) is 5.95. The van der Waals surface area contributed by atoms with Crippen molar-refractivity contribution in [1.29, 1.82) is 0 Å². The Morgan fingerprint density at radius 3 is 2.46 bits per heavy atom. The maximum absolute atomic E-state index is 13.1. The number of nitrogens with zero attached hydrogens (tertiary/aromatic N) is 2. The molecule has 6 heteroatoms. The van der Waals surface area contributed by atoms with Crippen LogP contribution in [0.25, 0.3) is 0 Å². The fourth-order valence-electron chi connectivity index (χ4n) is 4.51. The Labute approximate surface area is 153 Å². The molecule has 3 aliphatic rings. The largest absolute Gasteiger partial charge is 0.458 e. The van der Waals surface area contributed by atoms with Crippen LogP contribution in [0.3, 0.4) is 0 Å². The number of carbonyl (C=O) groups is 3. The second-order valence-electron chi connectivity index (χ2n) is 7.64. The summed E-state index contributed by atoms with van der Waals surface area (Å²) >= 11 is 0. The molecule has 138 valence electrons. The van der Waals surface area contributed by atoms with Gasteiger partial charge in [0.05, 0.1) is 12.3 Å². The molecule has 1 atom stereocenters. The lowest BCUT2D eigenvalue weighted by atomic mass is 9.84. The third kappa shape index (κ3) is 2.87. The van der Waals surface area contributed by atoms with Gasteiger partial charge in [-0.05, 0) is 44.7 Å². The van der Waals surface area contributed by atoms with E-state index in [-0.39, 0.29) is 30.7 Å². The number of hydrogen-bond donors (Lipinski definition) is 0. The number of aryl methyl sites for hydroxylation is 1. The minimum atomic E-state index is -0.620. The highest BCUT2D eigenvalue weighted by Gasteiger charge is 2.55. The van der Waals surface area contributed by atoms with E-state index in [2.05, 4.69) is 0 Å². The number of amides is 2. The fourth-order valence-corrected chi connectivity index (χ4v) is 4.51. The van der Waals surface area contributed by atoms with Crippen LogP contribution in [0.5, 0.6) is 0 Å². The molecule has 26 heavy (non-hydrogen) atoms. The van der Waals surface area contributed by atoms with Crippen LogP contribution in [0.1, 0.15) is 37.7 Å². The zero-order chi connectivity index (χ0) is 18.3. The Morgan fingerprint density at radius 2 is 1.81 bits per heavy atom. The second-order valence-corrected chi connectivity index (χ2v) is 7.64. The molecule has 2 heterocycles. The molecule has 4 rings (SSSR count). The molecule has 0 unspecified atom stereocenters. The summed E-state index contributed by atoms with van der Waals surface area (Å²) < 4.78 is 5.58. The first kappa shape index (κ1) is 17.1. The first-order valence-corrected chi connectivity index (χ1v) is 9.36. The number of benzene rings is 1. The number of ether oxygens (including phenoxy) is 1. The summed E-state index contributed by atoms with van der Waals surface area (Å²) in [5, 5.41) is 0. The van der Waals surface area contributed by atoms with Gasteiger partial charge in [0.2, 0.25) is 11.8 Å². The summed E-state index contributed by atoms with van der Waals surface area (Å²) in [6, 6.07) is 7.82. The maximum Gasteiger partial charge on any atom is 0.307 e. The van der Waals surface area contributed by atoms with Crippen LogP contribution in [0.4, 0.5) is 5.69 Å². The normalized spacial score (nSPS) is 25.0. The first-order valence-electron chi connectivity index (χ1n) is 9.36. The van der Waals surface area contributed by atoms with E-state index in [1.807, 2.05) is 31.2 Å². The Kier molecular flexibility index (Phi) is 4.21. The topological polar surface area (TPSA) is 66.9 Å². The van der Waals surface area contributed by atoms with E-state index in [9.17, 15) is 14.4 Å². The van der Waals surface area contributed by atoms with E-state index < -0.39 is 11.5 Å². The number of carbonyl (C=O) groups excluding carboxylic acids is 3. The van der Waals surface area contributed by atoms with Gasteiger partial charge in [-0.25, -0.2) is 0 Å². The van der Waals surface area contributed by atoms with Gasteiger partial charge in [0.1, 0.15) is 12.1 Å². The van der Waals surface area contributed by atoms with Gasteiger partial charge >= 0.3 is 5.97 Å². The molecule has 0 aromatic heterocycles. The van der Waals surface area contributed by atoms with Gasteiger partial charge in [-0.15, -0.1) is 0 Å². The minimum absolute atomic E-state index is 0.0630. The fraction of sp³-hybridized carbons (Fsp3) is 0.550. The van der Waals surface area contributed by atoms with E-state index >= 15 is 0 Å². The van der Waals surface area contributed by atoms with Crippen molar-refractivity contribution < 1.29 is 19.1 Å². The number of piperazine rings is 1.